The van der Waals surface area contributed by atoms with Gasteiger partial charge in [0.2, 0.25) is 17.8 Å². The van der Waals surface area contributed by atoms with Crippen molar-refractivity contribution in [2.24, 2.45) is 5.10 Å². The summed E-state index contributed by atoms with van der Waals surface area (Å²) in [5.74, 6) is 1.10. The van der Waals surface area contributed by atoms with Crippen LogP contribution in [0.3, 0.4) is 0 Å². The molecule has 0 bridgehead atoms. The van der Waals surface area contributed by atoms with Gasteiger partial charge in [0, 0.05) is 19.1 Å². The maximum absolute atomic E-state index is 10.6. The van der Waals surface area contributed by atoms with E-state index in [1.807, 2.05) is 32.6 Å². The summed E-state index contributed by atoms with van der Waals surface area (Å²) < 4.78 is 4.99. The maximum Gasteiger partial charge on any atom is 0.433 e. The summed E-state index contributed by atoms with van der Waals surface area (Å²) in [5, 5.41) is 17.7. The van der Waals surface area contributed by atoms with Gasteiger partial charge in [0.1, 0.15) is 4.92 Å². The molecule has 0 fully saturated rings. The molecule has 0 atom stereocenters. The van der Waals surface area contributed by atoms with E-state index >= 15 is 0 Å². The Hall–Kier alpha value is -3.24. The number of hydrogen-bond acceptors (Lipinski definition) is 10. The van der Waals surface area contributed by atoms with Gasteiger partial charge >= 0.3 is 5.88 Å². The van der Waals surface area contributed by atoms with Crippen molar-refractivity contribution >= 4 is 29.9 Å². The van der Waals surface area contributed by atoms with Gasteiger partial charge in [-0.1, -0.05) is 0 Å². The molecule has 2 aromatic rings. The van der Waals surface area contributed by atoms with Crippen molar-refractivity contribution in [2.75, 3.05) is 28.7 Å². The fourth-order valence-electron chi connectivity index (χ4n) is 2.05. The van der Waals surface area contributed by atoms with Gasteiger partial charge in [-0.2, -0.15) is 20.1 Å². The Morgan fingerprint density at radius 3 is 2.54 bits per heavy atom. The monoisotopic (exact) mass is 362 g/mol. The standard InChI is InChI=1S/C15H22N8O3/c1-5-22(6-2)15-19-13(17-10(3)4)18-14(20-15)21-16-9-11-7-8-12(26-11)23(24)25/h7-10H,5-6H2,1-4H3,(H2,17,18,19,20,21)/b16-9+. The number of nitro groups is 1. The van der Waals surface area contributed by atoms with Crippen molar-refractivity contribution in [3.8, 4) is 0 Å². The number of furan rings is 1. The average Bonchev–Trinajstić information content (AvgIpc) is 3.04. The Morgan fingerprint density at radius 1 is 1.27 bits per heavy atom. The van der Waals surface area contributed by atoms with Gasteiger partial charge < -0.3 is 14.6 Å². The summed E-state index contributed by atoms with van der Waals surface area (Å²) in [6, 6.07) is 2.86. The molecule has 2 rings (SSSR count). The number of hydrazone groups is 1. The molecule has 0 saturated heterocycles. The molecule has 0 aliphatic heterocycles. The first-order valence-electron chi connectivity index (χ1n) is 8.23. The van der Waals surface area contributed by atoms with Crippen LogP contribution in [0.4, 0.5) is 23.7 Å². The third kappa shape index (κ3) is 5.13. The van der Waals surface area contributed by atoms with Crippen LogP contribution in [-0.2, 0) is 0 Å². The zero-order valence-electron chi connectivity index (χ0n) is 15.1. The Kier molecular flexibility index (Phi) is 6.42. The third-order valence-electron chi connectivity index (χ3n) is 3.24. The van der Waals surface area contributed by atoms with E-state index in [4.69, 9.17) is 4.42 Å². The summed E-state index contributed by atoms with van der Waals surface area (Å²) in [7, 11) is 0. The number of nitrogens with one attached hydrogen (secondary N) is 2. The van der Waals surface area contributed by atoms with Crippen molar-refractivity contribution in [1.29, 1.82) is 0 Å². The Bertz CT molecular complexity index is 770. The number of hydrogen-bond donors (Lipinski definition) is 2. The summed E-state index contributed by atoms with van der Waals surface area (Å²) in [4.78, 5) is 25.0. The number of rotatable bonds is 9. The van der Waals surface area contributed by atoms with Crippen LogP contribution in [0.2, 0.25) is 0 Å². The molecule has 26 heavy (non-hydrogen) atoms. The van der Waals surface area contributed by atoms with Crippen LogP contribution >= 0.6 is 0 Å². The molecule has 0 saturated carbocycles. The normalized spacial score (nSPS) is 11.1. The van der Waals surface area contributed by atoms with E-state index in [1.54, 1.807) is 0 Å². The number of nitrogens with zero attached hydrogens (tertiary/aromatic N) is 6. The molecule has 11 heteroatoms. The first-order chi connectivity index (χ1) is 12.4. The second-order valence-corrected chi connectivity index (χ2v) is 5.56. The Balaban J connectivity index is 2.19. The first kappa shape index (κ1) is 19.1. The molecule has 2 heterocycles. The molecule has 0 spiro atoms. The van der Waals surface area contributed by atoms with E-state index in [0.29, 0.717) is 11.9 Å². The first-order valence-corrected chi connectivity index (χ1v) is 8.23. The molecule has 0 unspecified atom stereocenters. The van der Waals surface area contributed by atoms with Crippen molar-refractivity contribution < 1.29 is 9.34 Å². The fourth-order valence-corrected chi connectivity index (χ4v) is 2.05. The molecule has 2 aromatic heterocycles. The number of aromatic nitrogens is 3. The highest BCUT2D eigenvalue weighted by atomic mass is 16.6. The highest BCUT2D eigenvalue weighted by Gasteiger charge is 2.12. The van der Waals surface area contributed by atoms with Crippen LogP contribution in [0.15, 0.2) is 21.7 Å². The van der Waals surface area contributed by atoms with Crippen molar-refractivity contribution in [2.45, 2.75) is 33.7 Å². The van der Waals surface area contributed by atoms with Gasteiger partial charge in [-0.15, -0.1) is 0 Å². The smallest absolute Gasteiger partial charge is 0.400 e. The molecular weight excluding hydrogens is 340 g/mol. The van der Waals surface area contributed by atoms with E-state index in [9.17, 15) is 10.1 Å². The lowest BCUT2D eigenvalue weighted by atomic mass is 10.4. The highest BCUT2D eigenvalue weighted by Crippen LogP contribution is 2.15. The SMILES string of the molecule is CCN(CC)c1nc(N/N=C/c2ccc([N+](=O)[O-])o2)nc(NC(C)C)n1. The number of anilines is 3. The summed E-state index contributed by atoms with van der Waals surface area (Å²) in [6.45, 7) is 9.49. The quantitative estimate of drug-likeness (QED) is 0.392. The largest absolute Gasteiger partial charge is 0.433 e. The highest BCUT2D eigenvalue weighted by molar-refractivity contribution is 5.76. The zero-order valence-corrected chi connectivity index (χ0v) is 15.1. The van der Waals surface area contributed by atoms with Crippen LogP contribution in [-0.4, -0.2) is 45.2 Å². The van der Waals surface area contributed by atoms with Gasteiger partial charge in [0.25, 0.3) is 0 Å². The lowest BCUT2D eigenvalue weighted by Gasteiger charge is -2.19. The summed E-state index contributed by atoms with van der Waals surface area (Å²) in [6.07, 6.45) is 1.31. The lowest BCUT2D eigenvalue weighted by Crippen LogP contribution is -2.26. The van der Waals surface area contributed by atoms with Crippen LogP contribution in [0, 0.1) is 10.1 Å². The lowest BCUT2D eigenvalue weighted by molar-refractivity contribution is -0.402. The third-order valence-corrected chi connectivity index (χ3v) is 3.24. The minimum atomic E-state index is -0.614. The Morgan fingerprint density at radius 2 is 1.96 bits per heavy atom. The summed E-state index contributed by atoms with van der Waals surface area (Å²) in [5.41, 5.74) is 2.70. The minimum Gasteiger partial charge on any atom is -0.400 e. The van der Waals surface area contributed by atoms with E-state index in [2.05, 4.69) is 30.8 Å². The van der Waals surface area contributed by atoms with Crippen LogP contribution in [0.25, 0.3) is 0 Å². The Labute approximate surface area is 150 Å². The van der Waals surface area contributed by atoms with Gasteiger partial charge in [-0.3, -0.25) is 10.1 Å². The van der Waals surface area contributed by atoms with Crippen molar-refractivity contribution in [3.05, 3.63) is 28.0 Å². The van der Waals surface area contributed by atoms with Gasteiger partial charge in [0.05, 0.1) is 12.3 Å². The molecule has 140 valence electrons. The predicted molar refractivity (Wildman–Crippen MR) is 98.7 cm³/mol. The molecule has 11 nitrogen and oxygen atoms in total. The van der Waals surface area contributed by atoms with E-state index < -0.39 is 4.92 Å². The second-order valence-electron chi connectivity index (χ2n) is 5.56. The van der Waals surface area contributed by atoms with Crippen molar-refractivity contribution in [3.63, 3.8) is 0 Å². The van der Waals surface area contributed by atoms with Crippen LogP contribution < -0.4 is 15.6 Å². The zero-order chi connectivity index (χ0) is 19.1. The van der Waals surface area contributed by atoms with Gasteiger partial charge in [-0.05, 0) is 33.8 Å². The average molecular weight is 362 g/mol. The summed E-state index contributed by atoms with van der Waals surface area (Å²) >= 11 is 0. The maximum atomic E-state index is 10.6. The predicted octanol–water partition coefficient (Wildman–Crippen LogP) is 2.49. The molecule has 0 aliphatic rings. The van der Waals surface area contributed by atoms with Crippen LogP contribution in [0.5, 0.6) is 0 Å². The molecular formula is C15H22N8O3. The molecule has 0 radical (unpaired) electrons. The van der Waals surface area contributed by atoms with Gasteiger partial charge in [-0.25, -0.2) is 5.43 Å². The van der Waals surface area contributed by atoms with E-state index in [-0.39, 0.29) is 23.6 Å². The minimum absolute atomic E-state index is 0.155. The van der Waals surface area contributed by atoms with E-state index in [1.165, 1.54) is 18.3 Å². The molecule has 0 aromatic carbocycles. The second kappa shape index (κ2) is 8.74. The van der Waals surface area contributed by atoms with Crippen LogP contribution in [0.1, 0.15) is 33.5 Å². The van der Waals surface area contributed by atoms with Gasteiger partial charge in [0.15, 0.2) is 5.76 Å². The molecule has 2 N–H and O–H groups in total. The molecule has 0 aliphatic carbocycles. The van der Waals surface area contributed by atoms with E-state index in [0.717, 1.165) is 13.1 Å². The molecule has 0 amide bonds. The topological polar surface area (TPSA) is 135 Å². The van der Waals surface area contributed by atoms with Crippen molar-refractivity contribution in [1.82, 2.24) is 15.0 Å². The fraction of sp³-hybridized carbons (Fsp3) is 0.467.